The molecule has 3 aromatic rings. The number of carbonyl (C=O) groups is 2. The Balaban J connectivity index is 1.58. The van der Waals surface area contributed by atoms with Crippen LogP contribution in [0.25, 0.3) is 0 Å². The van der Waals surface area contributed by atoms with Gasteiger partial charge in [0.1, 0.15) is 0 Å². The fourth-order valence-corrected chi connectivity index (χ4v) is 5.88. The third kappa shape index (κ3) is 5.44. The number of Topliss-reactive ketones (excluding diaryl/α,β-unsaturated/α-hetero) is 1. The zero-order chi connectivity index (χ0) is 30.0. The molecule has 1 aliphatic heterocycles. The second-order valence-corrected chi connectivity index (χ2v) is 10.6. The second kappa shape index (κ2) is 12.0. The first-order chi connectivity index (χ1) is 20.3. The van der Waals surface area contributed by atoms with Gasteiger partial charge in [0.25, 0.3) is 5.91 Å². The van der Waals surface area contributed by atoms with Gasteiger partial charge in [-0.15, -0.1) is 0 Å². The second-order valence-electron chi connectivity index (χ2n) is 10.6. The molecule has 2 N–H and O–H groups in total. The Hall–Kier alpha value is -4.72. The molecule has 0 bridgehead atoms. The number of aryl methyl sites for hydroxylation is 1. The van der Waals surface area contributed by atoms with E-state index in [0.717, 1.165) is 22.4 Å². The Labute approximate surface area is 246 Å². The SMILES string of the molecule is COc1ccc([C@@H]2CC(=O)C3=C(C2)NC(C)=C(C(=O)Nc2ccc(C)cc2)[C@@H]3c2ccc(OC)c(OC)c2)cc1OC. The molecule has 0 spiro atoms. The monoisotopic (exact) mass is 568 g/mol. The molecule has 5 rings (SSSR count). The lowest BCUT2D eigenvalue weighted by atomic mass is 9.71. The molecule has 0 radical (unpaired) electrons. The lowest BCUT2D eigenvalue weighted by Crippen LogP contribution is -2.37. The number of carbonyl (C=O) groups excluding carboxylic acids is 2. The normalized spacial score (nSPS) is 18.2. The molecule has 1 aliphatic carbocycles. The first-order valence-corrected chi connectivity index (χ1v) is 13.8. The number of methoxy groups -OCH3 is 4. The van der Waals surface area contributed by atoms with Gasteiger partial charge in [-0.1, -0.05) is 29.8 Å². The molecule has 3 aromatic carbocycles. The van der Waals surface area contributed by atoms with Crippen LogP contribution in [0.5, 0.6) is 23.0 Å². The van der Waals surface area contributed by atoms with Crippen LogP contribution in [-0.2, 0) is 9.59 Å². The van der Waals surface area contributed by atoms with E-state index in [1.807, 2.05) is 68.4 Å². The molecule has 0 unspecified atom stereocenters. The summed E-state index contributed by atoms with van der Waals surface area (Å²) in [5.41, 5.74) is 6.12. The molecule has 1 heterocycles. The number of dihydropyridines is 1. The molecule has 2 aliphatic rings. The minimum Gasteiger partial charge on any atom is -0.493 e. The van der Waals surface area contributed by atoms with Gasteiger partial charge in [-0.05, 0) is 73.7 Å². The Morgan fingerprint density at radius 2 is 1.33 bits per heavy atom. The molecular weight excluding hydrogens is 532 g/mol. The van der Waals surface area contributed by atoms with Crippen LogP contribution in [0.4, 0.5) is 5.69 Å². The number of ether oxygens (including phenoxy) is 4. The predicted molar refractivity (Wildman–Crippen MR) is 161 cm³/mol. The number of ketones is 1. The maximum atomic E-state index is 14.1. The van der Waals surface area contributed by atoms with Crippen LogP contribution in [0.3, 0.4) is 0 Å². The van der Waals surface area contributed by atoms with Crippen LogP contribution in [-0.4, -0.2) is 40.1 Å². The van der Waals surface area contributed by atoms with E-state index in [9.17, 15) is 9.59 Å². The Morgan fingerprint density at radius 3 is 1.93 bits per heavy atom. The number of rotatable bonds is 8. The highest BCUT2D eigenvalue weighted by Gasteiger charge is 2.41. The van der Waals surface area contributed by atoms with E-state index in [1.54, 1.807) is 34.5 Å². The van der Waals surface area contributed by atoms with Crippen molar-refractivity contribution in [3.8, 4) is 23.0 Å². The number of anilines is 1. The largest absolute Gasteiger partial charge is 0.493 e. The van der Waals surface area contributed by atoms with Crippen molar-refractivity contribution in [3.63, 3.8) is 0 Å². The summed E-state index contributed by atoms with van der Waals surface area (Å²) in [6, 6.07) is 18.9. The Bertz CT molecular complexity index is 1590. The topological polar surface area (TPSA) is 95.1 Å². The van der Waals surface area contributed by atoms with E-state index < -0.39 is 5.92 Å². The summed E-state index contributed by atoms with van der Waals surface area (Å²) >= 11 is 0. The van der Waals surface area contributed by atoms with Crippen molar-refractivity contribution in [2.24, 2.45) is 0 Å². The highest BCUT2D eigenvalue weighted by atomic mass is 16.5. The summed E-state index contributed by atoms with van der Waals surface area (Å²) in [7, 11) is 6.34. The Kier molecular flexibility index (Phi) is 8.24. The lowest BCUT2D eigenvalue weighted by molar-refractivity contribution is -0.116. The van der Waals surface area contributed by atoms with E-state index in [2.05, 4.69) is 10.6 Å². The lowest BCUT2D eigenvalue weighted by Gasteiger charge is -2.37. The molecule has 0 aromatic heterocycles. The number of nitrogens with one attached hydrogen (secondary N) is 2. The summed E-state index contributed by atoms with van der Waals surface area (Å²) in [6.07, 6.45) is 0.899. The fraction of sp³-hybridized carbons (Fsp3) is 0.294. The highest BCUT2D eigenvalue weighted by molar-refractivity contribution is 6.10. The van der Waals surface area contributed by atoms with Gasteiger partial charge in [0, 0.05) is 40.6 Å². The van der Waals surface area contributed by atoms with E-state index in [4.69, 9.17) is 18.9 Å². The average Bonchev–Trinajstić information content (AvgIpc) is 3.00. The molecule has 0 saturated heterocycles. The van der Waals surface area contributed by atoms with Gasteiger partial charge in [-0.3, -0.25) is 9.59 Å². The van der Waals surface area contributed by atoms with Gasteiger partial charge in [-0.2, -0.15) is 0 Å². The summed E-state index contributed by atoms with van der Waals surface area (Å²) < 4.78 is 22.0. The van der Waals surface area contributed by atoms with Gasteiger partial charge in [0.05, 0.1) is 28.4 Å². The molecule has 42 heavy (non-hydrogen) atoms. The van der Waals surface area contributed by atoms with Gasteiger partial charge >= 0.3 is 0 Å². The summed E-state index contributed by atoms with van der Waals surface area (Å²) in [6.45, 7) is 3.88. The standard InChI is InChI=1S/C34H36N2O6/c1-19-7-11-24(12-8-19)36-34(38)31-20(2)35-25-15-23(21-9-13-27(39-3)29(17-21)41-5)16-26(37)33(25)32(31)22-10-14-28(40-4)30(18-22)42-6/h7-14,17-18,23,32,35H,15-16H2,1-6H3,(H,36,38)/t23-,32-/m0/s1. The summed E-state index contributed by atoms with van der Waals surface area (Å²) in [4.78, 5) is 28.0. The number of allylic oxidation sites excluding steroid dienone is 3. The van der Waals surface area contributed by atoms with Crippen LogP contribution in [0.2, 0.25) is 0 Å². The third-order valence-electron chi connectivity index (χ3n) is 8.00. The molecule has 8 heteroatoms. The van der Waals surface area contributed by atoms with Crippen LogP contribution in [0.1, 0.15) is 48.3 Å². The number of hydrogen-bond acceptors (Lipinski definition) is 7. The minimum atomic E-state index is -0.592. The van der Waals surface area contributed by atoms with Crippen molar-refractivity contribution >= 4 is 17.4 Å². The van der Waals surface area contributed by atoms with E-state index >= 15 is 0 Å². The van der Waals surface area contributed by atoms with Gasteiger partial charge in [0.2, 0.25) is 0 Å². The van der Waals surface area contributed by atoms with Crippen LogP contribution < -0.4 is 29.6 Å². The number of benzene rings is 3. The van der Waals surface area contributed by atoms with Crippen LogP contribution >= 0.6 is 0 Å². The van der Waals surface area contributed by atoms with Gasteiger partial charge in [-0.25, -0.2) is 0 Å². The fourth-order valence-electron chi connectivity index (χ4n) is 5.88. The van der Waals surface area contributed by atoms with Crippen molar-refractivity contribution in [2.45, 2.75) is 38.5 Å². The molecule has 0 saturated carbocycles. The number of hydrogen-bond donors (Lipinski definition) is 2. The predicted octanol–water partition coefficient (Wildman–Crippen LogP) is 6.03. The first kappa shape index (κ1) is 28.8. The van der Waals surface area contributed by atoms with Crippen molar-refractivity contribution in [2.75, 3.05) is 33.8 Å². The average molecular weight is 569 g/mol. The zero-order valence-electron chi connectivity index (χ0n) is 24.8. The molecule has 2 atom stereocenters. The smallest absolute Gasteiger partial charge is 0.254 e. The molecule has 218 valence electrons. The highest BCUT2D eigenvalue weighted by Crippen LogP contribution is 2.47. The van der Waals surface area contributed by atoms with E-state index in [0.29, 0.717) is 58.4 Å². The van der Waals surface area contributed by atoms with Crippen LogP contribution in [0, 0.1) is 6.92 Å². The van der Waals surface area contributed by atoms with Crippen LogP contribution in [0.15, 0.2) is 83.2 Å². The van der Waals surface area contributed by atoms with Gasteiger partial charge in [0.15, 0.2) is 28.8 Å². The van der Waals surface area contributed by atoms with E-state index in [1.165, 1.54) is 0 Å². The maximum Gasteiger partial charge on any atom is 0.254 e. The maximum absolute atomic E-state index is 14.1. The van der Waals surface area contributed by atoms with Crippen molar-refractivity contribution < 1.29 is 28.5 Å². The quantitative estimate of drug-likeness (QED) is 0.343. The number of amides is 1. The van der Waals surface area contributed by atoms with E-state index in [-0.39, 0.29) is 17.6 Å². The summed E-state index contributed by atoms with van der Waals surface area (Å²) in [5, 5.41) is 6.48. The van der Waals surface area contributed by atoms with Gasteiger partial charge < -0.3 is 29.6 Å². The molecular formula is C34H36N2O6. The van der Waals surface area contributed by atoms with Crippen molar-refractivity contribution in [1.82, 2.24) is 5.32 Å². The molecule has 8 nitrogen and oxygen atoms in total. The Morgan fingerprint density at radius 1 is 0.762 bits per heavy atom. The molecule has 0 fully saturated rings. The molecule has 1 amide bonds. The summed E-state index contributed by atoms with van der Waals surface area (Å²) in [5.74, 6) is 1.40. The van der Waals surface area contributed by atoms with Crippen molar-refractivity contribution in [1.29, 1.82) is 0 Å². The van der Waals surface area contributed by atoms with Crippen molar-refractivity contribution in [3.05, 3.63) is 99.9 Å². The zero-order valence-corrected chi connectivity index (χ0v) is 24.8. The first-order valence-electron chi connectivity index (χ1n) is 13.8. The third-order valence-corrected chi connectivity index (χ3v) is 8.00. The minimum absolute atomic E-state index is 0.0172.